The molecule has 0 unspecified atom stereocenters. The van der Waals surface area contributed by atoms with Crippen molar-refractivity contribution in [1.82, 2.24) is 0 Å². The maximum Gasteiger partial charge on any atom is 0.119 e. The van der Waals surface area contributed by atoms with Gasteiger partial charge in [0.15, 0.2) is 0 Å². The Morgan fingerprint density at radius 3 is 1.49 bits per heavy atom. The number of fused-ring (bicyclic) bond motifs is 1. The van der Waals surface area contributed by atoms with Gasteiger partial charge >= 0.3 is 0 Å². The zero-order valence-electron chi connectivity index (χ0n) is 21.7. The van der Waals surface area contributed by atoms with Crippen LogP contribution in [-0.4, -0.2) is 18.3 Å². The molecule has 4 rings (SSSR count). The van der Waals surface area contributed by atoms with Crippen molar-refractivity contribution >= 4 is 10.8 Å². The number of rotatable bonds is 9. The molecule has 3 heteroatoms. The first kappa shape index (κ1) is 27.8. The summed E-state index contributed by atoms with van der Waals surface area (Å²) in [5, 5.41) is 11.4. The van der Waals surface area contributed by atoms with Crippen LogP contribution in [0.15, 0.2) is 91.0 Å². The lowest BCUT2D eigenvalue weighted by atomic mass is 10.1. The number of hydrogen-bond donors (Lipinski definition) is 1. The van der Waals surface area contributed by atoms with Crippen molar-refractivity contribution in [3.05, 3.63) is 102 Å². The van der Waals surface area contributed by atoms with Crippen LogP contribution in [0.2, 0.25) is 0 Å². The molecule has 1 N–H and O–H groups in total. The molecule has 0 saturated carbocycles. The molecular formula is C32H40O3. The summed E-state index contributed by atoms with van der Waals surface area (Å²) in [6.07, 6.45) is 4.14. The van der Waals surface area contributed by atoms with E-state index >= 15 is 0 Å². The topological polar surface area (TPSA) is 38.7 Å². The predicted molar refractivity (Wildman–Crippen MR) is 149 cm³/mol. The summed E-state index contributed by atoms with van der Waals surface area (Å²) < 4.78 is 11.5. The van der Waals surface area contributed by atoms with Gasteiger partial charge in [-0.3, -0.25) is 0 Å². The van der Waals surface area contributed by atoms with Crippen LogP contribution < -0.4 is 9.47 Å². The van der Waals surface area contributed by atoms with Gasteiger partial charge in [-0.25, -0.2) is 0 Å². The molecule has 0 atom stereocenters. The molecule has 4 aromatic carbocycles. The molecule has 0 radical (unpaired) electrons. The summed E-state index contributed by atoms with van der Waals surface area (Å²) in [5.74, 6) is 2.23. The van der Waals surface area contributed by atoms with Crippen LogP contribution in [0.4, 0.5) is 0 Å². The Balaban J connectivity index is 0.000000276. The Morgan fingerprint density at radius 1 is 0.571 bits per heavy atom. The van der Waals surface area contributed by atoms with Gasteiger partial charge in [-0.2, -0.15) is 0 Å². The summed E-state index contributed by atoms with van der Waals surface area (Å²) in [6.45, 7) is 9.80. The number of hydrogen-bond acceptors (Lipinski definition) is 3. The summed E-state index contributed by atoms with van der Waals surface area (Å²) in [6, 6.07) is 30.0. The predicted octanol–water partition coefficient (Wildman–Crippen LogP) is 8.62. The minimum absolute atomic E-state index is 0.323. The van der Waals surface area contributed by atoms with Gasteiger partial charge in [0.1, 0.15) is 17.2 Å². The van der Waals surface area contributed by atoms with Crippen molar-refractivity contribution in [2.75, 3.05) is 13.2 Å². The number of aromatic hydroxyl groups is 1. The quantitative estimate of drug-likeness (QED) is 0.248. The summed E-state index contributed by atoms with van der Waals surface area (Å²) in [7, 11) is 0. The average Bonchev–Trinajstić information content (AvgIpc) is 2.92. The lowest BCUT2D eigenvalue weighted by molar-refractivity contribution is 0.266. The zero-order chi connectivity index (χ0) is 25.3. The maximum atomic E-state index is 9.13. The molecular weight excluding hydrogens is 432 g/mol. The second kappa shape index (κ2) is 16.2. The van der Waals surface area contributed by atoms with E-state index in [1.165, 1.54) is 11.1 Å². The molecule has 0 fully saturated rings. The number of aryl methyl sites for hydroxylation is 2. The molecule has 0 aliphatic rings. The van der Waals surface area contributed by atoms with Crippen LogP contribution in [-0.2, 0) is 12.8 Å². The average molecular weight is 473 g/mol. The fraction of sp³-hybridized carbons (Fsp3) is 0.312. The Bertz CT molecular complexity index is 1030. The van der Waals surface area contributed by atoms with Gasteiger partial charge in [-0.05, 0) is 84.0 Å². The second-order valence-electron chi connectivity index (χ2n) is 7.93. The Hall–Kier alpha value is -3.46. The third-order valence-corrected chi connectivity index (χ3v) is 5.47. The van der Waals surface area contributed by atoms with E-state index in [0.29, 0.717) is 5.75 Å². The van der Waals surface area contributed by atoms with Gasteiger partial charge in [0.05, 0.1) is 13.2 Å². The summed E-state index contributed by atoms with van der Waals surface area (Å²) in [5.41, 5.74) is 2.68. The fourth-order valence-corrected chi connectivity index (χ4v) is 3.40. The van der Waals surface area contributed by atoms with E-state index in [2.05, 4.69) is 38.1 Å². The number of phenols is 1. The monoisotopic (exact) mass is 472 g/mol. The molecule has 3 nitrogen and oxygen atoms in total. The first-order valence-electron chi connectivity index (χ1n) is 12.8. The number of benzene rings is 4. The standard InChI is InChI=1S/C20H26O2.C10H8O.C2H6/c1-3-17-7-11-19(12-8-17)21-15-5-6-16-22-20-13-9-18(4-2)10-14-20;11-10-6-5-8-3-1-2-4-9(8)7-10;1-2/h7-14H,3-6,15-16H2,1-2H3;1-7,11H;1-2H3. The Morgan fingerprint density at radius 2 is 1.03 bits per heavy atom. The van der Waals surface area contributed by atoms with Gasteiger partial charge < -0.3 is 14.6 Å². The van der Waals surface area contributed by atoms with Crippen LogP contribution in [0.1, 0.15) is 51.7 Å². The highest BCUT2D eigenvalue weighted by atomic mass is 16.5. The van der Waals surface area contributed by atoms with E-state index in [1.807, 2.05) is 68.4 Å². The SMILES string of the molecule is CC.CCc1ccc(OCCCCOc2ccc(CC)cc2)cc1.Oc1ccc2ccccc2c1. The van der Waals surface area contributed by atoms with Crippen LogP contribution in [0.5, 0.6) is 17.2 Å². The molecule has 4 aromatic rings. The number of ether oxygens (including phenoxy) is 2. The van der Waals surface area contributed by atoms with Gasteiger partial charge in [0.25, 0.3) is 0 Å². The van der Waals surface area contributed by atoms with Crippen molar-refractivity contribution in [1.29, 1.82) is 0 Å². The zero-order valence-corrected chi connectivity index (χ0v) is 21.7. The summed E-state index contributed by atoms with van der Waals surface area (Å²) in [4.78, 5) is 0. The van der Waals surface area contributed by atoms with Crippen molar-refractivity contribution < 1.29 is 14.6 Å². The van der Waals surface area contributed by atoms with E-state index in [-0.39, 0.29) is 0 Å². The Kier molecular flexibility index (Phi) is 12.9. The first-order valence-corrected chi connectivity index (χ1v) is 12.8. The highest BCUT2D eigenvalue weighted by Crippen LogP contribution is 2.19. The fourth-order valence-electron chi connectivity index (χ4n) is 3.40. The van der Waals surface area contributed by atoms with Gasteiger partial charge in [-0.1, -0.05) is 82.3 Å². The molecule has 0 aliphatic carbocycles. The lowest BCUT2D eigenvalue weighted by Crippen LogP contribution is -2.02. The van der Waals surface area contributed by atoms with Crippen molar-refractivity contribution in [3.63, 3.8) is 0 Å². The van der Waals surface area contributed by atoms with Gasteiger partial charge in [0, 0.05) is 0 Å². The third-order valence-electron chi connectivity index (χ3n) is 5.47. The smallest absolute Gasteiger partial charge is 0.119 e. The second-order valence-corrected chi connectivity index (χ2v) is 7.93. The van der Waals surface area contributed by atoms with Crippen LogP contribution in [0.3, 0.4) is 0 Å². The van der Waals surface area contributed by atoms with Gasteiger partial charge in [-0.15, -0.1) is 0 Å². The molecule has 35 heavy (non-hydrogen) atoms. The normalized spacial score (nSPS) is 9.94. The maximum absolute atomic E-state index is 9.13. The highest BCUT2D eigenvalue weighted by molar-refractivity contribution is 5.83. The largest absolute Gasteiger partial charge is 0.508 e. The van der Waals surface area contributed by atoms with E-state index in [4.69, 9.17) is 14.6 Å². The van der Waals surface area contributed by atoms with E-state index in [1.54, 1.807) is 12.1 Å². The van der Waals surface area contributed by atoms with Crippen LogP contribution >= 0.6 is 0 Å². The van der Waals surface area contributed by atoms with Crippen LogP contribution in [0, 0.1) is 0 Å². The molecule has 0 saturated heterocycles. The van der Waals surface area contributed by atoms with Crippen LogP contribution in [0.25, 0.3) is 10.8 Å². The van der Waals surface area contributed by atoms with Crippen molar-refractivity contribution in [2.24, 2.45) is 0 Å². The first-order chi connectivity index (χ1) is 17.2. The van der Waals surface area contributed by atoms with E-state index in [9.17, 15) is 0 Å². The van der Waals surface area contributed by atoms with Crippen molar-refractivity contribution in [3.8, 4) is 17.2 Å². The molecule has 0 bridgehead atoms. The highest BCUT2D eigenvalue weighted by Gasteiger charge is 1.97. The molecule has 0 heterocycles. The molecule has 0 aliphatic heterocycles. The van der Waals surface area contributed by atoms with E-state index in [0.717, 1.165) is 61.2 Å². The molecule has 0 spiro atoms. The number of phenolic OH excluding ortho intramolecular Hbond substituents is 1. The third kappa shape index (κ3) is 10.1. The lowest BCUT2D eigenvalue weighted by Gasteiger charge is -2.08. The Labute approximate surface area is 211 Å². The van der Waals surface area contributed by atoms with E-state index < -0.39 is 0 Å². The van der Waals surface area contributed by atoms with Crippen molar-refractivity contribution in [2.45, 2.75) is 53.4 Å². The van der Waals surface area contributed by atoms with Gasteiger partial charge in [0.2, 0.25) is 0 Å². The molecule has 0 amide bonds. The molecule has 186 valence electrons. The minimum Gasteiger partial charge on any atom is -0.508 e. The summed E-state index contributed by atoms with van der Waals surface area (Å²) >= 11 is 0. The minimum atomic E-state index is 0.323. The molecule has 0 aromatic heterocycles. The number of unbranched alkanes of at least 4 members (excludes halogenated alkanes) is 1.